The third-order valence-electron chi connectivity index (χ3n) is 4.33. The van der Waals surface area contributed by atoms with Crippen molar-refractivity contribution in [1.82, 2.24) is 14.2 Å². The summed E-state index contributed by atoms with van der Waals surface area (Å²) >= 11 is 1.36. The highest BCUT2D eigenvalue weighted by atomic mass is 32.2. The van der Waals surface area contributed by atoms with E-state index in [1.54, 1.807) is 28.7 Å². The minimum Gasteiger partial charge on any atom is -0.466 e. The van der Waals surface area contributed by atoms with E-state index in [-0.39, 0.29) is 35.7 Å². The number of hydrogen-bond donors (Lipinski definition) is 0. The van der Waals surface area contributed by atoms with Crippen LogP contribution in [0.4, 0.5) is 0 Å². The molecule has 0 atom stereocenters. The number of nitrogens with zero attached hydrogens (tertiary/aromatic N) is 3. The lowest BCUT2D eigenvalue weighted by molar-refractivity contribution is -0.132. The van der Waals surface area contributed by atoms with Crippen molar-refractivity contribution in [3.05, 3.63) is 53.7 Å². The molecule has 0 aliphatic heterocycles. The predicted molar refractivity (Wildman–Crippen MR) is 123 cm³/mol. The predicted octanol–water partition coefficient (Wildman–Crippen LogP) is 4.00. The lowest BCUT2D eigenvalue weighted by Gasteiger charge is -2.29. The van der Waals surface area contributed by atoms with Crippen LogP contribution in [0, 0.1) is 11.8 Å². The van der Waals surface area contributed by atoms with E-state index in [2.05, 4.69) is 11.6 Å². The highest BCUT2D eigenvalue weighted by Gasteiger charge is 2.29. The number of carbonyl (C=O) groups is 1. The first-order chi connectivity index (χ1) is 14.6. The normalized spacial score (nSPS) is 11.8. The quantitative estimate of drug-likeness (QED) is 0.443. The number of amides is 1. The van der Waals surface area contributed by atoms with Crippen molar-refractivity contribution in [2.75, 3.05) is 19.6 Å². The Bertz CT molecular complexity index is 930. The third kappa shape index (κ3) is 7.45. The zero-order valence-electron chi connectivity index (χ0n) is 18.5. The van der Waals surface area contributed by atoms with E-state index < -0.39 is 10.0 Å². The molecule has 0 unspecified atom stereocenters. The topological polar surface area (TPSA) is 79.8 Å². The standard InChI is InChI=1S/C22H31N3O4S2/c1-6-29-19-7-9-21(10-8-19)31(27,28)25(14-20-11-23-16-30-20)15-22(26)24(12-17(2)3)13-18(4)5/h6-11,16-18H,1,12-15H2,2-5H3. The Hall–Kier alpha value is -2.23. The minimum absolute atomic E-state index is 0.0842. The van der Waals surface area contributed by atoms with Gasteiger partial charge < -0.3 is 9.64 Å². The van der Waals surface area contributed by atoms with Gasteiger partial charge in [0.25, 0.3) is 0 Å². The van der Waals surface area contributed by atoms with Gasteiger partial charge in [0.05, 0.1) is 29.8 Å². The van der Waals surface area contributed by atoms with Crippen LogP contribution in [0.2, 0.25) is 0 Å². The zero-order chi connectivity index (χ0) is 23.0. The van der Waals surface area contributed by atoms with Gasteiger partial charge in [-0.15, -0.1) is 11.3 Å². The Kier molecular flexibility index (Phi) is 9.21. The maximum absolute atomic E-state index is 13.4. The first-order valence-corrected chi connectivity index (χ1v) is 12.5. The Labute approximate surface area is 189 Å². The maximum atomic E-state index is 13.4. The van der Waals surface area contributed by atoms with Crippen LogP contribution in [0.1, 0.15) is 32.6 Å². The highest BCUT2D eigenvalue weighted by molar-refractivity contribution is 7.89. The molecule has 1 aromatic carbocycles. The van der Waals surface area contributed by atoms with Crippen LogP contribution in [0.3, 0.4) is 0 Å². The molecule has 0 aliphatic rings. The third-order valence-corrected chi connectivity index (χ3v) is 6.90. The van der Waals surface area contributed by atoms with Crippen molar-refractivity contribution in [3.8, 4) is 5.75 Å². The fourth-order valence-electron chi connectivity index (χ4n) is 3.07. The van der Waals surface area contributed by atoms with E-state index in [0.717, 1.165) is 4.88 Å². The molecule has 7 nitrogen and oxygen atoms in total. The van der Waals surface area contributed by atoms with Crippen LogP contribution in [-0.4, -0.2) is 48.1 Å². The molecule has 0 saturated carbocycles. The van der Waals surface area contributed by atoms with Crippen LogP contribution >= 0.6 is 11.3 Å². The number of benzene rings is 1. The Morgan fingerprint density at radius 1 is 1.16 bits per heavy atom. The second-order valence-electron chi connectivity index (χ2n) is 8.08. The second-order valence-corrected chi connectivity index (χ2v) is 11.0. The van der Waals surface area contributed by atoms with Gasteiger partial charge in [0.1, 0.15) is 5.75 Å². The smallest absolute Gasteiger partial charge is 0.243 e. The van der Waals surface area contributed by atoms with E-state index in [1.165, 1.54) is 34.0 Å². The number of aromatic nitrogens is 1. The van der Waals surface area contributed by atoms with Crippen molar-refractivity contribution in [3.63, 3.8) is 0 Å². The second kappa shape index (κ2) is 11.4. The van der Waals surface area contributed by atoms with Gasteiger partial charge in [-0.05, 0) is 36.1 Å². The molecule has 1 heterocycles. The number of carbonyl (C=O) groups excluding carboxylic acids is 1. The maximum Gasteiger partial charge on any atom is 0.243 e. The van der Waals surface area contributed by atoms with E-state index in [9.17, 15) is 13.2 Å². The first kappa shape index (κ1) is 25.0. The number of ether oxygens (including phenoxy) is 1. The molecule has 1 amide bonds. The van der Waals surface area contributed by atoms with Gasteiger partial charge in [-0.1, -0.05) is 34.3 Å². The molecule has 2 aromatic rings. The molecule has 31 heavy (non-hydrogen) atoms. The average Bonchev–Trinajstić information content (AvgIpc) is 3.20. The van der Waals surface area contributed by atoms with Crippen LogP contribution < -0.4 is 4.74 Å². The summed E-state index contributed by atoms with van der Waals surface area (Å²) in [5.41, 5.74) is 1.65. The number of rotatable bonds is 12. The fourth-order valence-corrected chi connectivity index (χ4v) is 5.12. The number of hydrogen-bond acceptors (Lipinski definition) is 6. The summed E-state index contributed by atoms with van der Waals surface area (Å²) in [7, 11) is -3.91. The molecule has 0 aliphatic carbocycles. The summed E-state index contributed by atoms with van der Waals surface area (Å²) in [4.78, 5) is 19.8. The number of thiazole rings is 1. The van der Waals surface area contributed by atoms with Crippen LogP contribution in [0.15, 0.2) is 53.7 Å². The van der Waals surface area contributed by atoms with Gasteiger partial charge in [0.2, 0.25) is 15.9 Å². The van der Waals surface area contributed by atoms with Crippen LogP contribution in [-0.2, 0) is 21.4 Å². The molecule has 0 bridgehead atoms. The van der Waals surface area contributed by atoms with Crippen molar-refractivity contribution < 1.29 is 17.9 Å². The van der Waals surface area contributed by atoms with Gasteiger partial charge in [0, 0.05) is 24.2 Å². The molecule has 0 spiro atoms. The van der Waals surface area contributed by atoms with Gasteiger partial charge in [-0.2, -0.15) is 4.31 Å². The summed E-state index contributed by atoms with van der Waals surface area (Å²) in [5.74, 6) is 0.847. The summed E-state index contributed by atoms with van der Waals surface area (Å²) < 4.78 is 33.2. The summed E-state index contributed by atoms with van der Waals surface area (Å²) in [6, 6.07) is 6.06. The average molecular weight is 466 g/mol. The summed E-state index contributed by atoms with van der Waals surface area (Å²) in [5, 5.41) is 0. The molecule has 9 heteroatoms. The van der Waals surface area contributed by atoms with Crippen molar-refractivity contribution in [2.24, 2.45) is 11.8 Å². The van der Waals surface area contributed by atoms with Gasteiger partial charge >= 0.3 is 0 Å². The molecule has 0 saturated heterocycles. The van der Waals surface area contributed by atoms with Gasteiger partial charge in [0.15, 0.2) is 0 Å². The van der Waals surface area contributed by atoms with Crippen molar-refractivity contribution >= 4 is 27.3 Å². The lowest BCUT2D eigenvalue weighted by Crippen LogP contribution is -2.45. The van der Waals surface area contributed by atoms with Gasteiger partial charge in [-0.3, -0.25) is 9.78 Å². The molecule has 1 aromatic heterocycles. The van der Waals surface area contributed by atoms with Crippen LogP contribution in [0.25, 0.3) is 0 Å². The highest BCUT2D eigenvalue weighted by Crippen LogP contribution is 2.23. The molecule has 2 rings (SSSR count). The largest absolute Gasteiger partial charge is 0.466 e. The molecule has 170 valence electrons. The van der Waals surface area contributed by atoms with Crippen molar-refractivity contribution in [1.29, 1.82) is 0 Å². The fraction of sp³-hybridized carbons (Fsp3) is 0.455. The number of sulfonamides is 1. The van der Waals surface area contributed by atoms with Gasteiger partial charge in [-0.25, -0.2) is 8.42 Å². The zero-order valence-corrected chi connectivity index (χ0v) is 20.2. The SMILES string of the molecule is C=COc1ccc(S(=O)(=O)N(CC(=O)N(CC(C)C)CC(C)C)Cc2cncs2)cc1. The molecule has 0 radical (unpaired) electrons. The van der Waals surface area contributed by atoms with Crippen molar-refractivity contribution in [2.45, 2.75) is 39.1 Å². The van der Waals surface area contributed by atoms with E-state index >= 15 is 0 Å². The van der Waals surface area contributed by atoms with E-state index in [4.69, 9.17) is 4.74 Å². The lowest BCUT2D eigenvalue weighted by atomic mass is 10.1. The first-order valence-electron chi connectivity index (χ1n) is 10.2. The monoisotopic (exact) mass is 465 g/mol. The van der Waals surface area contributed by atoms with Crippen LogP contribution in [0.5, 0.6) is 5.75 Å². The Balaban J connectivity index is 2.32. The summed E-state index contributed by atoms with van der Waals surface area (Å²) in [6.45, 7) is 12.7. The van der Waals surface area contributed by atoms with E-state index in [0.29, 0.717) is 18.8 Å². The summed E-state index contributed by atoms with van der Waals surface area (Å²) in [6.07, 6.45) is 2.90. The Morgan fingerprint density at radius 3 is 2.26 bits per heavy atom. The minimum atomic E-state index is -3.91. The molecular weight excluding hydrogens is 434 g/mol. The Morgan fingerprint density at radius 2 is 1.77 bits per heavy atom. The molecular formula is C22H31N3O4S2. The molecule has 0 fully saturated rings. The van der Waals surface area contributed by atoms with E-state index in [1.807, 2.05) is 27.7 Å². The molecule has 0 N–H and O–H groups in total.